The standard InChI is InChI=1S/C20H30O/c1-2-3-4-5-6-7-8-9-10-11-15-18-21-19-20-16-13-12-14-17-20/h12-14,16-17H,4-11,15,18-19H2,1H3. The molecule has 1 rings (SSSR count). The second-order valence-corrected chi connectivity index (χ2v) is 5.54. The van der Waals surface area contributed by atoms with Gasteiger partial charge in [-0.25, -0.2) is 0 Å². The maximum absolute atomic E-state index is 5.69. The molecule has 0 spiro atoms. The van der Waals surface area contributed by atoms with Crippen molar-refractivity contribution in [3.05, 3.63) is 35.9 Å². The zero-order chi connectivity index (χ0) is 15.0. The van der Waals surface area contributed by atoms with Gasteiger partial charge in [-0.05, 0) is 25.3 Å². The summed E-state index contributed by atoms with van der Waals surface area (Å²) in [6, 6.07) is 10.4. The predicted octanol–water partition coefficient (Wildman–Crippen LogP) is 5.74. The van der Waals surface area contributed by atoms with E-state index in [9.17, 15) is 0 Å². The molecule has 116 valence electrons. The van der Waals surface area contributed by atoms with Crippen LogP contribution in [0.4, 0.5) is 0 Å². The monoisotopic (exact) mass is 286 g/mol. The Labute approximate surface area is 131 Å². The molecular weight excluding hydrogens is 256 g/mol. The average molecular weight is 286 g/mol. The van der Waals surface area contributed by atoms with Crippen molar-refractivity contribution >= 4 is 0 Å². The lowest BCUT2D eigenvalue weighted by Gasteiger charge is -2.04. The number of rotatable bonds is 12. The Hall–Kier alpha value is -1.26. The van der Waals surface area contributed by atoms with Crippen molar-refractivity contribution in [3.8, 4) is 11.8 Å². The molecule has 0 atom stereocenters. The molecule has 21 heavy (non-hydrogen) atoms. The van der Waals surface area contributed by atoms with Crippen LogP contribution in [0.15, 0.2) is 30.3 Å². The largest absolute Gasteiger partial charge is 0.377 e. The highest BCUT2D eigenvalue weighted by Crippen LogP contribution is 2.10. The van der Waals surface area contributed by atoms with E-state index in [1.54, 1.807) is 0 Å². The molecule has 0 aliphatic heterocycles. The van der Waals surface area contributed by atoms with Crippen LogP contribution in [0.5, 0.6) is 0 Å². The van der Waals surface area contributed by atoms with Gasteiger partial charge >= 0.3 is 0 Å². The maximum Gasteiger partial charge on any atom is 0.0716 e. The summed E-state index contributed by atoms with van der Waals surface area (Å²) >= 11 is 0. The average Bonchev–Trinajstić information content (AvgIpc) is 2.53. The van der Waals surface area contributed by atoms with E-state index in [4.69, 9.17) is 4.74 Å². The predicted molar refractivity (Wildman–Crippen MR) is 91.1 cm³/mol. The number of hydrogen-bond acceptors (Lipinski definition) is 1. The van der Waals surface area contributed by atoms with Gasteiger partial charge in [-0.15, -0.1) is 11.8 Å². The zero-order valence-electron chi connectivity index (χ0n) is 13.6. The third kappa shape index (κ3) is 11.1. The molecule has 0 heterocycles. The SMILES string of the molecule is CC#CCCCCCCCCCCOCc1ccccc1. The van der Waals surface area contributed by atoms with Gasteiger partial charge in [0.1, 0.15) is 0 Å². The fraction of sp³-hybridized carbons (Fsp3) is 0.600. The molecular formula is C20H30O. The molecule has 0 saturated heterocycles. The van der Waals surface area contributed by atoms with Crippen LogP contribution >= 0.6 is 0 Å². The van der Waals surface area contributed by atoms with Crippen LogP contribution in [0.25, 0.3) is 0 Å². The van der Waals surface area contributed by atoms with Crippen LogP contribution < -0.4 is 0 Å². The van der Waals surface area contributed by atoms with Crippen LogP contribution in [-0.2, 0) is 11.3 Å². The van der Waals surface area contributed by atoms with Crippen molar-refractivity contribution in [2.75, 3.05) is 6.61 Å². The molecule has 0 amide bonds. The molecule has 1 heteroatoms. The second kappa shape index (κ2) is 13.7. The first-order chi connectivity index (χ1) is 10.4. The normalized spacial score (nSPS) is 10.1. The molecule has 1 aromatic rings. The van der Waals surface area contributed by atoms with E-state index in [-0.39, 0.29) is 0 Å². The van der Waals surface area contributed by atoms with Crippen molar-refractivity contribution in [2.24, 2.45) is 0 Å². The van der Waals surface area contributed by atoms with Gasteiger partial charge in [-0.2, -0.15) is 0 Å². The zero-order valence-corrected chi connectivity index (χ0v) is 13.6. The first-order valence-electron chi connectivity index (χ1n) is 8.45. The minimum Gasteiger partial charge on any atom is -0.377 e. The molecule has 0 aliphatic carbocycles. The van der Waals surface area contributed by atoms with Gasteiger partial charge in [0, 0.05) is 13.0 Å². The van der Waals surface area contributed by atoms with Crippen LogP contribution in [0.1, 0.15) is 70.3 Å². The van der Waals surface area contributed by atoms with E-state index >= 15 is 0 Å². The number of unbranched alkanes of at least 4 members (excludes halogenated alkanes) is 8. The molecule has 0 aromatic heterocycles. The fourth-order valence-corrected chi connectivity index (χ4v) is 2.37. The summed E-state index contributed by atoms with van der Waals surface area (Å²) in [5.74, 6) is 6.08. The number of benzene rings is 1. The van der Waals surface area contributed by atoms with Gasteiger partial charge in [-0.1, -0.05) is 68.9 Å². The Morgan fingerprint density at radius 3 is 2.10 bits per heavy atom. The van der Waals surface area contributed by atoms with E-state index in [1.165, 1.54) is 56.9 Å². The smallest absolute Gasteiger partial charge is 0.0716 e. The lowest BCUT2D eigenvalue weighted by molar-refractivity contribution is 0.116. The molecule has 1 aromatic carbocycles. The van der Waals surface area contributed by atoms with Crippen molar-refractivity contribution < 1.29 is 4.74 Å². The van der Waals surface area contributed by atoms with Crippen molar-refractivity contribution in [1.29, 1.82) is 0 Å². The van der Waals surface area contributed by atoms with E-state index in [0.717, 1.165) is 19.6 Å². The Morgan fingerprint density at radius 2 is 1.43 bits per heavy atom. The van der Waals surface area contributed by atoms with Crippen molar-refractivity contribution in [3.63, 3.8) is 0 Å². The lowest BCUT2D eigenvalue weighted by atomic mass is 10.1. The molecule has 0 unspecified atom stereocenters. The highest BCUT2D eigenvalue weighted by atomic mass is 16.5. The summed E-state index contributed by atoms with van der Waals surface area (Å²) in [6.07, 6.45) is 11.7. The van der Waals surface area contributed by atoms with Gasteiger partial charge in [0.25, 0.3) is 0 Å². The molecule has 0 radical (unpaired) electrons. The van der Waals surface area contributed by atoms with Crippen LogP contribution in [-0.4, -0.2) is 6.61 Å². The summed E-state index contributed by atoms with van der Waals surface area (Å²) in [4.78, 5) is 0. The first kappa shape index (κ1) is 17.8. The van der Waals surface area contributed by atoms with E-state index in [1.807, 2.05) is 13.0 Å². The van der Waals surface area contributed by atoms with E-state index in [2.05, 4.69) is 36.1 Å². The van der Waals surface area contributed by atoms with E-state index in [0.29, 0.717) is 0 Å². The fourth-order valence-electron chi connectivity index (χ4n) is 2.37. The minimum atomic E-state index is 0.751. The Bertz CT molecular complexity index is 385. The quantitative estimate of drug-likeness (QED) is 0.352. The Kier molecular flexibility index (Phi) is 11.6. The van der Waals surface area contributed by atoms with Gasteiger partial charge < -0.3 is 4.74 Å². The Balaban J connectivity index is 1.77. The second-order valence-electron chi connectivity index (χ2n) is 5.54. The number of ether oxygens (including phenoxy) is 1. The van der Waals surface area contributed by atoms with Gasteiger partial charge in [0.05, 0.1) is 6.61 Å². The van der Waals surface area contributed by atoms with Crippen LogP contribution in [0, 0.1) is 11.8 Å². The minimum absolute atomic E-state index is 0.751. The topological polar surface area (TPSA) is 9.23 Å². The third-order valence-corrected chi connectivity index (χ3v) is 3.63. The maximum atomic E-state index is 5.69. The Morgan fingerprint density at radius 1 is 0.810 bits per heavy atom. The highest BCUT2D eigenvalue weighted by molar-refractivity contribution is 5.13. The van der Waals surface area contributed by atoms with Gasteiger partial charge in [0.15, 0.2) is 0 Å². The first-order valence-corrected chi connectivity index (χ1v) is 8.45. The molecule has 0 saturated carbocycles. The molecule has 0 N–H and O–H groups in total. The van der Waals surface area contributed by atoms with Gasteiger partial charge in [-0.3, -0.25) is 0 Å². The third-order valence-electron chi connectivity index (χ3n) is 3.63. The summed E-state index contributed by atoms with van der Waals surface area (Å²) < 4.78 is 5.69. The molecule has 0 fully saturated rings. The highest BCUT2D eigenvalue weighted by Gasteiger charge is 1.94. The van der Waals surface area contributed by atoms with Crippen LogP contribution in [0.2, 0.25) is 0 Å². The summed E-state index contributed by atoms with van der Waals surface area (Å²) in [5, 5.41) is 0. The van der Waals surface area contributed by atoms with E-state index < -0.39 is 0 Å². The van der Waals surface area contributed by atoms with Crippen molar-refractivity contribution in [1.82, 2.24) is 0 Å². The summed E-state index contributed by atoms with van der Waals surface area (Å²) in [7, 11) is 0. The summed E-state index contributed by atoms with van der Waals surface area (Å²) in [5.41, 5.74) is 1.27. The van der Waals surface area contributed by atoms with Crippen molar-refractivity contribution in [2.45, 2.75) is 71.3 Å². The number of hydrogen-bond donors (Lipinski definition) is 0. The van der Waals surface area contributed by atoms with Gasteiger partial charge in [0.2, 0.25) is 0 Å². The molecule has 0 aliphatic rings. The molecule has 0 bridgehead atoms. The summed E-state index contributed by atoms with van der Waals surface area (Å²) in [6.45, 7) is 3.57. The lowest BCUT2D eigenvalue weighted by Crippen LogP contribution is -1.95. The molecule has 1 nitrogen and oxygen atoms in total. The van der Waals surface area contributed by atoms with Crippen LogP contribution in [0.3, 0.4) is 0 Å².